The number of sulfonamides is 1. The second-order valence-electron chi connectivity index (χ2n) is 6.94. The first-order valence-corrected chi connectivity index (χ1v) is 10.9. The minimum atomic E-state index is -3.82. The number of methoxy groups -OCH3 is 1. The van der Waals surface area contributed by atoms with E-state index in [2.05, 4.69) is 23.9 Å². The van der Waals surface area contributed by atoms with Crippen LogP contribution < -0.4 is 14.8 Å². The maximum absolute atomic E-state index is 12.6. The summed E-state index contributed by atoms with van der Waals surface area (Å²) in [5.41, 5.74) is 0.688. The first kappa shape index (κ1) is 22.7. The Morgan fingerprint density at radius 2 is 1.83 bits per heavy atom. The lowest BCUT2D eigenvalue weighted by atomic mass is 10.2. The average Bonchev–Trinajstić information content (AvgIpc) is 2.70. The summed E-state index contributed by atoms with van der Waals surface area (Å²) in [4.78, 5) is 12.3. The normalized spacial score (nSPS) is 11.3. The van der Waals surface area contributed by atoms with E-state index in [9.17, 15) is 13.2 Å². The molecule has 0 bridgehead atoms. The van der Waals surface area contributed by atoms with E-state index in [1.54, 1.807) is 36.4 Å². The van der Waals surface area contributed by atoms with E-state index in [4.69, 9.17) is 9.47 Å². The second-order valence-corrected chi connectivity index (χ2v) is 8.62. The van der Waals surface area contributed by atoms with E-state index in [0.717, 1.165) is 0 Å². The average molecular weight is 421 g/mol. The Bertz CT molecular complexity index is 896. The highest BCUT2D eigenvalue weighted by molar-refractivity contribution is 7.92. The van der Waals surface area contributed by atoms with Crippen LogP contribution in [-0.4, -0.2) is 41.2 Å². The number of anilines is 1. The standard InChI is InChI=1S/C21H28N2O5S/c1-16(2)15-28-13-5-12-22-21(24)17-6-4-7-20(14-17)29(25,26)23-18-8-10-19(27-3)11-9-18/h4,6-11,14,16,23H,5,12-13,15H2,1-3H3,(H,22,24). The number of amides is 1. The van der Waals surface area contributed by atoms with Gasteiger partial charge in [-0.15, -0.1) is 0 Å². The van der Waals surface area contributed by atoms with Crippen LogP contribution in [-0.2, 0) is 14.8 Å². The molecule has 0 aliphatic heterocycles. The van der Waals surface area contributed by atoms with Crippen LogP contribution >= 0.6 is 0 Å². The number of hydrogen-bond acceptors (Lipinski definition) is 5. The number of hydrogen-bond donors (Lipinski definition) is 2. The van der Waals surface area contributed by atoms with Crippen molar-refractivity contribution in [3.8, 4) is 5.75 Å². The fourth-order valence-electron chi connectivity index (χ4n) is 2.47. The van der Waals surface area contributed by atoms with Gasteiger partial charge in [0, 0.05) is 31.0 Å². The van der Waals surface area contributed by atoms with Gasteiger partial charge in [-0.1, -0.05) is 19.9 Å². The molecule has 29 heavy (non-hydrogen) atoms. The summed E-state index contributed by atoms with van der Waals surface area (Å²) in [6.07, 6.45) is 0.690. The molecule has 2 aromatic carbocycles. The van der Waals surface area contributed by atoms with Crippen LogP contribution in [0, 0.1) is 5.92 Å². The number of rotatable bonds is 11. The molecule has 0 aliphatic rings. The van der Waals surface area contributed by atoms with E-state index in [1.165, 1.54) is 19.2 Å². The number of carbonyl (C=O) groups excluding carboxylic acids is 1. The number of nitrogens with one attached hydrogen (secondary N) is 2. The fourth-order valence-corrected chi connectivity index (χ4v) is 3.58. The Kier molecular flexibility index (Phi) is 8.48. The minimum Gasteiger partial charge on any atom is -0.497 e. The van der Waals surface area contributed by atoms with Gasteiger partial charge in [0.05, 0.1) is 12.0 Å². The summed E-state index contributed by atoms with van der Waals surface area (Å²) in [5.74, 6) is 0.775. The molecule has 7 nitrogen and oxygen atoms in total. The lowest BCUT2D eigenvalue weighted by Gasteiger charge is -2.11. The van der Waals surface area contributed by atoms with Gasteiger partial charge in [-0.3, -0.25) is 9.52 Å². The largest absolute Gasteiger partial charge is 0.497 e. The van der Waals surface area contributed by atoms with E-state index in [1.807, 2.05) is 0 Å². The van der Waals surface area contributed by atoms with Crippen molar-refractivity contribution in [2.75, 3.05) is 31.6 Å². The van der Waals surface area contributed by atoms with Gasteiger partial charge < -0.3 is 14.8 Å². The molecule has 0 saturated carbocycles. The molecule has 0 aromatic heterocycles. The molecule has 2 aromatic rings. The summed E-state index contributed by atoms with van der Waals surface area (Å²) in [6.45, 7) is 5.87. The minimum absolute atomic E-state index is 0.0150. The molecule has 0 fully saturated rings. The van der Waals surface area contributed by atoms with E-state index in [-0.39, 0.29) is 16.4 Å². The second kappa shape index (κ2) is 10.8. The number of carbonyl (C=O) groups is 1. The molecule has 0 unspecified atom stereocenters. The first-order valence-electron chi connectivity index (χ1n) is 9.44. The van der Waals surface area contributed by atoms with Crippen LogP contribution in [0.1, 0.15) is 30.6 Å². The van der Waals surface area contributed by atoms with Gasteiger partial charge >= 0.3 is 0 Å². The van der Waals surface area contributed by atoms with Crippen molar-refractivity contribution in [3.05, 3.63) is 54.1 Å². The van der Waals surface area contributed by atoms with Gasteiger partial charge in [0.25, 0.3) is 15.9 Å². The Morgan fingerprint density at radius 1 is 1.10 bits per heavy atom. The summed E-state index contributed by atoms with van der Waals surface area (Å²) in [5, 5.41) is 2.78. The predicted octanol–water partition coefficient (Wildman–Crippen LogP) is 3.29. The molecule has 0 saturated heterocycles. The van der Waals surface area contributed by atoms with Gasteiger partial charge in [-0.05, 0) is 54.8 Å². The summed E-state index contributed by atoms with van der Waals surface area (Å²) in [6, 6.07) is 12.5. The van der Waals surface area contributed by atoms with Crippen molar-refractivity contribution in [2.45, 2.75) is 25.2 Å². The summed E-state index contributed by atoms with van der Waals surface area (Å²) in [7, 11) is -2.28. The van der Waals surface area contributed by atoms with E-state index >= 15 is 0 Å². The zero-order chi connectivity index (χ0) is 21.3. The van der Waals surface area contributed by atoms with Gasteiger partial charge in [0.1, 0.15) is 5.75 Å². The SMILES string of the molecule is COc1ccc(NS(=O)(=O)c2cccc(C(=O)NCCCOCC(C)C)c2)cc1. The fraction of sp³-hybridized carbons (Fsp3) is 0.381. The van der Waals surface area contributed by atoms with Crippen molar-refractivity contribution in [2.24, 2.45) is 5.92 Å². The van der Waals surface area contributed by atoms with Crippen molar-refractivity contribution < 1.29 is 22.7 Å². The molecule has 2 rings (SSSR count). The molecule has 158 valence electrons. The quantitative estimate of drug-likeness (QED) is 0.544. The Labute approximate surface area is 172 Å². The van der Waals surface area contributed by atoms with Crippen molar-refractivity contribution in [1.29, 1.82) is 0 Å². The molecule has 0 atom stereocenters. The monoisotopic (exact) mass is 420 g/mol. The maximum atomic E-state index is 12.6. The Hall–Kier alpha value is -2.58. The number of benzene rings is 2. The van der Waals surface area contributed by atoms with Crippen LogP contribution in [0.25, 0.3) is 0 Å². The first-order chi connectivity index (χ1) is 13.8. The predicted molar refractivity (Wildman–Crippen MR) is 113 cm³/mol. The van der Waals surface area contributed by atoms with Gasteiger partial charge in [-0.2, -0.15) is 0 Å². The van der Waals surface area contributed by atoms with Gasteiger partial charge in [-0.25, -0.2) is 8.42 Å². The molecule has 0 radical (unpaired) electrons. The molecular weight excluding hydrogens is 392 g/mol. The van der Waals surface area contributed by atoms with Crippen molar-refractivity contribution >= 4 is 21.6 Å². The third-order valence-electron chi connectivity index (χ3n) is 3.95. The van der Waals surface area contributed by atoms with Gasteiger partial charge in [0.15, 0.2) is 0 Å². The summed E-state index contributed by atoms with van der Waals surface area (Å²) < 4.78 is 38.3. The van der Waals surface area contributed by atoms with Crippen LogP contribution in [0.4, 0.5) is 5.69 Å². The molecule has 8 heteroatoms. The number of ether oxygens (including phenoxy) is 2. The molecular formula is C21H28N2O5S. The highest BCUT2D eigenvalue weighted by Gasteiger charge is 2.16. The highest BCUT2D eigenvalue weighted by Crippen LogP contribution is 2.20. The maximum Gasteiger partial charge on any atom is 0.261 e. The lowest BCUT2D eigenvalue weighted by Crippen LogP contribution is -2.25. The lowest BCUT2D eigenvalue weighted by molar-refractivity contribution is 0.0924. The van der Waals surface area contributed by atoms with Gasteiger partial charge in [0.2, 0.25) is 0 Å². The van der Waals surface area contributed by atoms with Crippen LogP contribution in [0.3, 0.4) is 0 Å². The van der Waals surface area contributed by atoms with E-state index < -0.39 is 10.0 Å². The zero-order valence-electron chi connectivity index (χ0n) is 17.0. The smallest absolute Gasteiger partial charge is 0.261 e. The molecule has 0 aliphatic carbocycles. The van der Waals surface area contributed by atoms with Crippen molar-refractivity contribution in [1.82, 2.24) is 5.32 Å². The Morgan fingerprint density at radius 3 is 2.48 bits per heavy atom. The highest BCUT2D eigenvalue weighted by atomic mass is 32.2. The van der Waals surface area contributed by atoms with Crippen LogP contribution in [0.15, 0.2) is 53.4 Å². The van der Waals surface area contributed by atoms with Crippen LogP contribution in [0.5, 0.6) is 5.75 Å². The molecule has 2 N–H and O–H groups in total. The zero-order valence-corrected chi connectivity index (χ0v) is 17.8. The third kappa shape index (κ3) is 7.40. The molecule has 0 spiro atoms. The molecule has 0 heterocycles. The summed E-state index contributed by atoms with van der Waals surface area (Å²) >= 11 is 0. The van der Waals surface area contributed by atoms with Crippen LogP contribution in [0.2, 0.25) is 0 Å². The molecule has 1 amide bonds. The topological polar surface area (TPSA) is 93.7 Å². The Balaban J connectivity index is 1.95. The van der Waals surface area contributed by atoms with E-state index in [0.29, 0.717) is 43.5 Å². The van der Waals surface area contributed by atoms with Crippen molar-refractivity contribution in [3.63, 3.8) is 0 Å². The third-order valence-corrected chi connectivity index (χ3v) is 5.33.